The zero-order valence-corrected chi connectivity index (χ0v) is 14.8. The van der Waals surface area contributed by atoms with Crippen LogP contribution in [0.3, 0.4) is 0 Å². The number of halogens is 2. The molecule has 3 aromatic rings. The molecule has 0 spiro atoms. The van der Waals surface area contributed by atoms with Crippen molar-refractivity contribution in [3.8, 4) is 5.69 Å². The van der Waals surface area contributed by atoms with Crippen molar-refractivity contribution in [3.05, 3.63) is 75.5 Å². The van der Waals surface area contributed by atoms with Crippen LogP contribution in [0.25, 0.3) is 5.69 Å². The summed E-state index contributed by atoms with van der Waals surface area (Å²) < 4.78 is 1.87. The number of carbonyl (C=O) groups is 1. The van der Waals surface area contributed by atoms with Crippen molar-refractivity contribution in [1.29, 1.82) is 0 Å². The summed E-state index contributed by atoms with van der Waals surface area (Å²) in [6, 6.07) is 15.0. The highest BCUT2D eigenvalue weighted by Gasteiger charge is 2.27. The summed E-state index contributed by atoms with van der Waals surface area (Å²) in [5.74, 6) is -0.267. The molecule has 1 aliphatic rings. The monoisotopic (exact) mass is 371 g/mol. The maximum atomic E-state index is 12.8. The van der Waals surface area contributed by atoms with E-state index >= 15 is 0 Å². The van der Waals surface area contributed by atoms with Gasteiger partial charge in [0.1, 0.15) is 0 Å². The lowest BCUT2D eigenvalue weighted by Gasteiger charge is -2.07. The van der Waals surface area contributed by atoms with Crippen molar-refractivity contribution >= 4 is 34.8 Å². The number of rotatable bonds is 3. The normalized spacial score (nSPS) is 12.9. The second-order valence-electron chi connectivity index (χ2n) is 5.93. The molecule has 0 saturated heterocycles. The topological polar surface area (TPSA) is 46.9 Å². The van der Waals surface area contributed by atoms with Crippen molar-refractivity contribution in [2.45, 2.75) is 19.3 Å². The standard InChI is InChI=1S/C19H15Cl2N3O/c20-14-9-5-10-15(17(14)21)22-19(25)18-13-8-4-11-16(13)24(23-18)12-6-2-1-3-7-12/h1-3,5-7,9-10H,4,8,11H2,(H,22,25). The molecular weight excluding hydrogens is 357 g/mol. The summed E-state index contributed by atoms with van der Waals surface area (Å²) >= 11 is 12.2. The van der Waals surface area contributed by atoms with Gasteiger partial charge in [-0.25, -0.2) is 4.68 Å². The molecular formula is C19H15Cl2N3O. The van der Waals surface area contributed by atoms with Crippen LogP contribution in [0.5, 0.6) is 0 Å². The molecule has 126 valence electrons. The molecule has 0 bridgehead atoms. The van der Waals surface area contributed by atoms with Crippen LogP contribution < -0.4 is 5.32 Å². The van der Waals surface area contributed by atoms with E-state index in [1.165, 1.54) is 0 Å². The molecule has 1 amide bonds. The summed E-state index contributed by atoms with van der Waals surface area (Å²) in [6.45, 7) is 0. The molecule has 4 nitrogen and oxygen atoms in total. The molecule has 1 aromatic heterocycles. The van der Waals surface area contributed by atoms with Gasteiger partial charge in [-0.2, -0.15) is 5.10 Å². The smallest absolute Gasteiger partial charge is 0.276 e. The predicted octanol–water partition coefficient (Wildman–Crippen LogP) is 4.92. The van der Waals surface area contributed by atoms with Gasteiger partial charge in [0.05, 0.1) is 21.4 Å². The molecule has 1 N–H and O–H groups in total. The van der Waals surface area contributed by atoms with Gasteiger partial charge < -0.3 is 5.32 Å². The number of para-hydroxylation sites is 1. The largest absolute Gasteiger partial charge is 0.319 e. The molecule has 0 atom stereocenters. The minimum Gasteiger partial charge on any atom is -0.319 e. The summed E-state index contributed by atoms with van der Waals surface area (Å²) in [5.41, 5.74) is 4.01. The lowest BCUT2D eigenvalue weighted by molar-refractivity contribution is 0.102. The summed E-state index contributed by atoms with van der Waals surface area (Å²) in [5, 5.41) is 8.14. The van der Waals surface area contributed by atoms with Gasteiger partial charge in [0.25, 0.3) is 5.91 Å². The first-order valence-electron chi connectivity index (χ1n) is 8.06. The van der Waals surface area contributed by atoms with E-state index in [2.05, 4.69) is 10.4 Å². The first kappa shape index (κ1) is 16.2. The Labute approximate surface area is 155 Å². The Balaban J connectivity index is 1.71. The van der Waals surface area contributed by atoms with Crippen LogP contribution >= 0.6 is 23.2 Å². The van der Waals surface area contributed by atoms with Crippen LogP contribution in [0.15, 0.2) is 48.5 Å². The highest BCUT2D eigenvalue weighted by molar-refractivity contribution is 6.44. The fourth-order valence-electron chi connectivity index (χ4n) is 3.18. The fraction of sp³-hybridized carbons (Fsp3) is 0.158. The maximum Gasteiger partial charge on any atom is 0.276 e. The molecule has 1 heterocycles. The van der Waals surface area contributed by atoms with Crippen LogP contribution in [0, 0.1) is 0 Å². The Morgan fingerprint density at radius 3 is 2.64 bits per heavy atom. The zero-order valence-electron chi connectivity index (χ0n) is 13.3. The van der Waals surface area contributed by atoms with Crippen molar-refractivity contribution in [1.82, 2.24) is 9.78 Å². The Kier molecular flexibility index (Phi) is 4.24. The van der Waals surface area contributed by atoms with Gasteiger partial charge in [0.2, 0.25) is 0 Å². The molecule has 0 fully saturated rings. The molecule has 0 radical (unpaired) electrons. The van der Waals surface area contributed by atoms with Gasteiger partial charge in [-0.05, 0) is 43.5 Å². The van der Waals surface area contributed by atoms with E-state index in [9.17, 15) is 4.79 Å². The lowest BCUT2D eigenvalue weighted by atomic mass is 10.2. The van der Waals surface area contributed by atoms with Crippen LogP contribution in [0.4, 0.5) is 5.69 Å². The van der Waals surface area contributed by atoms with Gasteiger partial charge in [-0.3, -0.25) is 4.79 Å². The average molecular weight is 372 g/mol. The third-order valence-corrected chi connectivity index (χ3v) is 5.16. The van der Waals surface area contributed by atoms with Gasteiger partial charge in [-0.1, -0.05) is 47.5 Å². The number of aromatic nitrogens is 2. The van der Waals surface area contributed by atoms with E-state index in [0.29, 0.717) is 21.4 Å². The Morgan fingerprint density at radius 2 is 1.84 bits per heavy atom. The van der Waals surface area contributed by atoms with E-state index in [-0.39, 0.29) is 5.91 Å². The molecule has 25 heavy (non-hydrogen) atoms. The number of benzene rings is 2. The summed E-state index contributed by atoms with van der Waals surface area (Å²) in [4.78, 5) is 12.8. The number of carbonyl (C=O) groups excluding carboxylic acids is 1. The van der Waals surface area contributed by atoms with Crippen LogP contribution in [0.2, 0.25) is 10.0 Å². The molecule has 4 rings (SSSR count). The fourth-order valence-corrected chi connectivity index (χ4v) is 3.53. The second kappa shape index (κ2) is 6.54. The number of hydrogen-bond acceptors (Lipinski definition) is 2. The van der Waals surface area contributed by atoms with Gasteiger partial charge in [-0.15, -0.1) is 0 Å². The molecule has 0 aliphatic heterocycles. The van der Waals surface area contributed by atoms with Crippen LogP contribution in [-0.4, -0.2) is 15.7 Å². The molecule has 0 saturated carbocycles. The number of hydrogen-bond donors (Lipinski definition) is 1. The molecule has 0 unspecified atom stereocenters. The van der Waals surface area contributed by atoms with Crippen molar-refractivity contribution in [2.24, 2.45) is 0 Å². The highest BCUT2D eigenvalue weighted by Crippen LogP contribution is 2.31. The summed E-state index contributed by atoms with van der Waals surface area (Å²) in [6.07, 6.45) is 2.80. The number of amides is 1. The van der Waals surface area contributed by atoms with E-state index in [1.54, 1.807) is 18.2 Å². The predicted molar refractivity (Wildman–Crippen MR) is 100 cm³/mol. The number of anilines is 1. The lowest BCUT2D eigenvalue weighted by Crippen LogP contribution is -2.15. The first-order chi connectivity index (χ1) is 12.1. The molecule has 1 aliphatic carbocycles. The van der Waals surface area contributed by atoms with Crippen LogP contribution in [0.1, 0.15) is 28.2 Å². The minimum absolute atomic E-state index is 0.267. The minimum atomic E-state index is -0.267. The van der Waals surface area contributed by atoms with Gasteiger partial charge >= 0.3 is 0 Å². The van der Waals surface area contributed by atoms with E-state index < -0.39 is 0 Å². The molecule has 6 heteroatoms. The highest BCUT2D eigenvalue weighted by atomic mass is 35.5. The van der Waals surface area contributed by atoms with Gasteiger partial charge in [0.15, 0.2) is 5.69 Å². The summed E-state index contributed by atoms with van der Waals surface area (Å²) in [7, 11) is 0. The SMILES string of the molecule is O=C(Nc1cccc(Cl)c1Cl)c1nn(-c2ccccc2)c2c1CCC2. The Bertz CT molecular complexity index is 951. The zero-order chi connectivity index (χ0) is 17.4. The molecule has 2 aromatic carbocycles. The Hall–Kier alpha value is -2.30. The van der Waals surface area contributed by atoms with Crippen molar-refractivity contribution in [2.75, 3.05) is 5.32 Å². The van der Waals surface area contributed by atoms with E-state index in [0.717, 1.165) is 36.2 Å². The first-order valence-corrected chi connectivity index (χ1v) is 8.82. The Morgan fingerprint density at radius 1 is 1.04 bits per heavy atom. The van der Waals surface area contributed by atoms with Crippen LogP contribution in [-0.2, 0) is 12.8 Å². The number of nitrogens with one attached hydrogen (secondary N) is 1. The maximum absolute atomic E-state index is 12.8. The third kappa shape index (κ3) is 2.92. The van der Waals surface area contributed by atoms with Crippen molar-refractivity contribution in [3.63, 3.8) is 0 Å². The number of fused-ring (bicyclic) bond motifs is 1. The van der Waals surface area contributed by atoms with E-state index in [1.807, 2.05) is 35.0 Å². The second-order valence-corrected chi connectivity index (χ2v) is 6.72. The quantitative estimate of drug-likeness (QED) is 0.709. The van der Waals surface area contributed by atoms with E-state index in [4.69, 9.17) is 23.2 Å². The third-order valence-electron chi connectivity index (χ3n) is 4.35. The van der Waals surface area contributed by atoms with Gasteiger partial charge in [0, 0.05) is 11.3 Å². The number of nitrogens with zero attached hydrogens (tertiary/aromatic N) is 2. The average Bonchev–Trinajstić information content (AvgIpc) is 3.22. The van der Waals surface area contributed by atoms with Crippen molar-refractivity contribution < 1.29 is 4.79 Å².